The molecule has 3 unspecified atom stereocenters. The van der Waals surface area contributed by atoms with Crippen molar-refractivity contribution in [3.8, 4) is 0 Å². The lowest BCUT2D eigenvalue weighted by Crippen LogP contribution is -2.65. The molecule has 3 atom stereocenters. The van der Waals surface area contributed by atoms with Gasteiger partial charge in [0.15, 0.2) is 0 Å². The number of nitrogens with zero attached hydrogens (tertiary/aromatic N) is 2. The lowest BCUT2D eigenvalue weighted by Gasteiger charge is -2.50. The van der Waals surface area contributed by atoms with Crippen LogP contribution in [0.2, 0.25) is 0 Å². The fourth-order valence-electron chi connectivity index (χ4n) is 3.57. The third-order valence-corrected chi connectivity index (χ3v) is 4.65. The van der Waals surface area contributed by atoms with Crippen LogP contribution >= 0.6 is 0 Å². The second-order valence-electron chi connectivity index (χ2n) is 6.85. The lowest BCUT2D eigenvalue weighted by molar-refractivity contribution is -0.204. The van der Waals surface area contributed by atoms with Crippen LogP contribution in [0.15, 0.2) is 24.0 Å². The Labute approximate surface area is 133 Å². The third kappa shape index (κ3) is 2.51. The van der Waals surface area contributed by atoms with Crippen LogP contribution in [0.1, 0.15) is 41.0 Å². The number of hydrogen-bond donors (Lipinski definition) is 2. The van der Waals surface area contributed by atoms with Gasteiger partial charge in [-0.1, -0.05) is 19.9 Å². The predicted molar refractivity (Wildman–Crippen MR) is 87.5 cm³/mol. The molecule has 0 aromatic rings. The van der Waals surface area contributed by atoms with Gasteiger partial charge in [0.05, 0.1) is 5.57 Å². The first kappa shape index (κ1) is 16.9. The van der Waals surface area contributed by atoms with Crippen molar-refractivity contribution in [1.82, 2.24) is 15.1 Å². The standard InChI is InChI=1S/C17H29N3O2/c1-7-9-13-12(5)18-15-14(13)16(21)19(8-2)17(6,22)20(15)10-11(3)4/h7,11-13,18,22H,1,8-10H2,2-6H3. The van der Waals surface area contributed by atoms with Gasteiger partial charge in [-0.2, -0.15) is 0 Å². The predicted octanol–water partition coefficient (Wildman–Crippen LogP) is 1.87. The van der Waals surface area contributed by atoms with E-state index < -0.39 is 5.85 Å². The lowest BCUT2D eigenvalue weighted by atomic mass is 9.90. The average Bonchev–Trinajstić information content (AvgIpc) is 2.73. The zero-order chi connectivity index (χ0) is 16.7. The van der Waals surface area contributed by atoms with Crippen LogP contribution in [0.3, 0.4) is 0 Å². The van der Waals surface area contributed by atoms with Gasteiger partial charge in [-0.3, -0.25) is 9.69 Å². The number of amides is 1. The minimum atomic E-state index is -1.30. The summed E-state index contributed by atoms with van der Waals surface area (Å²) < 4.78 is 0. The van der Waals surface area contributed by atoms with Gasteiger partial charge >= 0.3 is 0 Å². The molecular weight excluding hydrogens is 278 g/mol. The molecule has 0 radical (unpaired) electrons. The maximum atomic E-state index is 12.9. The molecule has 0 saturated carbocycles. The number of likely N-dealkylation sites (N-methyl/N-ethyl adjacent to an activating group) is 1. The quantitative estimate of drug-likeness (QED) is 0.761. The molecule has 2 rings (SSSR count). The third-order valence-electron chi connectivity index (χ3n) is 4.65. The number of carbonyl (C=O) groups is 1. The first-order valence-corrected chi connectivity index (χ1v) is 8.19. The van der Waals surface area contributed by atoms with E-state index in [4.69, 9.17) is 0 Å². The first-order chi connectivity index (χ1) is 10.3. The number of hydrogen-bond acceptors (Lipinski definition) is 4. The van der Waals surface area contributed by atoms with Gasteiger partial charge in [-0.25, -0.2) is 0 Å². The van der Waals surface area contributed by atoms with Gasteiger partial charge in [-0.15, -0.1) is 6.58 Å². The molecule has 5 heteroatoms. The van der Waals surface area contributed by atoms with Crippen LogP contribution < -0.4 is 5.32 Å². The normalized spacial score (nSPS) is 31.7. The molecular formula is C17H29N3O2. The summed E-state index contributed by atoms with van der Waals surface area (Å²) in [6.07, 6.45) is 2.62. The molecule has 2 heterocycles. The van der Waals surface area contributed by atoms with E-state index in [0.29, 0.717) is 19.0 Å². The highest BCUT2D eigenvalue weighted by molar-refractivity contribution is 5.96. The Balaban J connectivity index is 2.53. The second kappa shape index (κ2) is 5.95. The minimum Gasteiger partial charge on any atom is -0.368 e. The second-order valence-corrected chi connectivity index (χ2v) is 6.85. The summed E-state index contributed by atoms with van der Waals surface area (Å²) in [6.45, 7) is 14.9. The van der Waals surface area contributed by atoms with Crippen molar-refractivity contribution in [1.29, 1.82) is 0 Å². The molecule has 0 aromatic carbocycles. The molecule has 124 valence electrons. The van der Waals surface area contributed by atoms with Gasteiger partial charge in [0.25, 0.3) is 5.91 Å². The van der Waals surface area contributed by atoms with E-state index in [2.05, 4.69) is 32.7 Å². The van der Waals surface area contributed by atoms with Crippen LogP contribution in [-0.2, 0) is 4.79 Å². The van der Waals surface area contributed by atoms with E-state index in [9.17, 15) is 9.90 Å². The molecule has 0 aromatic heterocycles. The van der Waals surface area contributed by atoms with E-state index in [1.807, 2.05) is 17.9 Å². The van der Waals surface area contributed by atoms with Crippen molar-refractivity contribution in [2.75, 3.05) is 13.1 Å². The van der Waals surface area contributed by atoms with Gasteiger partial charge in [0.1, 0.15) is 5.82 Å². The Kier molecular flexibility index (Phi) is 4.57. The SMILES string of the molecule is C=CCC1C2=C(NC1C)N(CC(C)C)C(C)(O)N(CC)C2=O. The van der Waals surface area contributed by atoms with Gasteiger partial charge in [0.2, 0.25) is 5.85 Å². The highest BCUT2D eigenvalue weighted by Crippen LogP contribution is 2.40. The molecule has 1 amide bonds. The summed E-state index contributed by atoms with van der Waals surface area (Å²) in [5.41, 5.74) is 0.793. The summed E-state index contributed by atoms with van der Waals surface area (Å²) in [4.78, 5) is 16.4. The summed E-state index contributed by atoms with van der Waals surface area (Å²) in [5, 5.41) is 14.4. The van der Waals surface area contributed by atoms with Crippen LogP contribution in [-0.4, -0.2) is 45.8 Å². The van der Waals surface area contributed by atoms with E-state index in [-0.39, 0.29) is 17.9 Å². The van der Waals surface area contributed by atoms with E-state index in [0.717, 1.165) is 17.8 Å². The van der Waals surface area contributed by atoms with Crippen LogP contribution in [0.5, 0.6) is 0 Å². The Bertz CT molecular complexity index is 496. The smallest absolute Gasteiger partial charge is 0.257 e. The number of allylic oxidation sites excluding steroid dienone is 1. The van der Waals surface area contributed by atoms with Crippen molar-refractivity contribution in [3.63, 3.8) is 0 Å². The van der Waals surface area contributed by atoms with Gasteiger partial charge in [-0.05, 0) is 26.2 Å². The Morgan fingerprint density at radius 3 is 2.59 bits per heavy atom. The fraction of sp³-hybridized carbons (Fsp3) is 0.706. The van der Waals surface area contributed by atoms with Crippen LogP contribution in [0.4, 0.5) is 0 Å². The summed E-state index contributed by atoms with van der Waals surface area (Å²) >= 11 is 0. The summed E-state index contributed by atoms with van der Waals surface area (Å²) in [6, 6.07) is 0.161. The highest BCUT2D eigenvalue weighted by atomic mass is 16.3. The fourth-order valence-corrected chi connectivity index (χ4v) is 3.57. The van der Waals surface area contributed by atoms with Crippen molar-refractivity contribution in [2.24, 2.45) is 11.8 Å². The molecule has 2 aliphatic rings. The summed E-state index contributed by atoms with van der Waals surface area (Å²) in [5.74, 6) is -0.0773. The van der Waals surface area contributed by atoms with E-state index in [1.165, 1.54) is 0 Å². The molecule has 22 heavy (non-hydrogen) atoms. The molecule has 0 saturated heterocycles. The topological polar surface area (TPSA) is 55.8 Å². The van der Waals surface area contributed by atoms with Crippen molar-refractivity contribution >= 4 is 5.91 Å². The van der Waals surface area contributed by atoms with Crippen molar-refractivity contribution in [2.45, 2.75) is 52.9 Å². The zero-order valence-electron chi connectivity index (χ0n) is 14.4. The molecule has 0 fully saturated rings. The monoisotopic (exact) mass is 307 g/mol. The number of aliphatic hydroxyl groups is 1. The number of rotatable bonds is 5. The number of carbonyl (C=O) groups excluding carboxylic acids is 1. The van der Waals surface area contributed by atoms with Crippen LogP contribution in [0.25, 0.3) is 0 Å². The van der Waals surface area contributed by atoms with Crippen molar-refractivity contribution < 1.29 is 9.90 Å². The maximum Gasteiger partial charge on any atom is 0.257 e. The minimum absolute atomic E-state index is 0.0637. The molecule has 0 spiro atoms. The highest BCUT2D eigenvalue weighted by Gasteiger charge is 2.51. The largest absolute Gasteiger partial charge is 0.368 e. The van der Waals surface area contributed by atoms with E-state index >= 15 is 0 Å². The first-order valence-electron chi connectivity index (χ1n) is 8.19. The van der Waals surface area contributed by atoms with Gasteiger partial charge < -0.3 is 15.3 Å². The van der Waals surface area contributed by atoms with Gasteiger partial charge in [0, 0.05) is 32.0 Å². The summed E-state index contributed by atoms with van der Waals surface area (Å²) in [7, 11) is 0. The Hall–Kier alpha value is -1.49. The average molecular weight is 307 g/mol. The zero-order valence-corrected chi connectivity index (χ0v) is 14.4. The van der Waals surface area contributed by atoms with Crippen molar-refractivity contribution in [3.05, 3.63) is 24.0 Å². The Morgan fingerprint density at radius 1 is 1.45 bits per heavy atom. The molecule has 0 aliphatic carbocycles. The maximum absolute atomic E-state index is 12.9. The molecule has 0 bridgehead atoms. The Morgan fingerprint density at radius 2 is 2.09 bits per heavy atom. The van der Waals surface area contributed by atoms with Crippen LogP contribution in [0, 0.1) is 11.8 Å². The number of nitrogens with one attached hydrogen (secondary N) is 1. The molecule has 5 nitrogen and oxygen atoms in total. The molecule has 2 N–H and O–H groups in total. The van der Waals surface area contributed by atoms with E-state index in [1.54, 1.807) is 11.8 Å². The molecule has 2 aliphatic heterocycles.